The molecule has 0 heterocycles. The molecule has 0 aliphatic carbocycles. The van der Waals surface area contributed by atoms with E-state index in [0.717, 1.165) is 28.4 Å². The van der Waals surface area contributed by atoms with Gasteiger partial charge < -0.3 is 9.47 Å². The topological polar surface area (TPSA) is 52.6 Å². The Morgan fingerprint density at radius 1 is 1.20 bits per heavy atom. The van der Waals surface area contributed by atoms with Gasteiger partial charge in [0.25, 0.3) is 0 Å². The second-order valence-corrected chi connectivity index (χ2v) is 6.48. The van der Waals surface area contributed by atoms with Crippen LogP contribution in [0.3, 0.4) is 0 Å². The van der Waals surface area contributed by atoms with Crippen LogP contribution in [0, 0.1) is 6.92 Å². The number of methoxy groups -OCH3 is 1. The monoisotopic (exact) mass is 378 g/mol. The number of ether oxygens (including phenoxy) is 2. The van der Waals surface area contributed by atoms with Crippen molar-refractivity contribution in [2.75, 3.05) is 19.5 Å². The van der Waals surface area contributed by atoms with Crippen LogP contribution in [0.4, 0.5) is 0 Å². The Morgan fingerprint density at radius 2 is 1.84 bits per heavy atom. The summed E-state index contributed by atoms with van der Waals surface area (Å²) in [6, 6.07) is 13.5. The molecule has 0 atom stereocenters. The zero-order chi connectivity index (χ0) is 18.7. The van der Waals surface area contributed by atoms with E-state index in [2.05, 4.69) is 18.7 Å². The highest BCUT2D eigenvalue weighted by atomic mass is 35.5. The third-order valence-corrected chi connectivity index (χ3v) is 4.46. The van der Waals surface area contributed by atoms with Gasteiger partial charge in [0, 0.05) is 15.7 Å². The maximum atomic E-state index is 8.12. The number of rotatable bonds is 7. The predicted molar refractivity (Wildman–Crippen MR) is 99.5 cm³/mol. The molecular formula is C19H19ClO4S. The zero-order valence-electron chi connectivity index (χ0n) is 14.1. The molecule has 6 heteroatoms. The fourth-order valence-electron chi connectivity index (χ4n) is 1.88. The molecular weight excluding hydrogens is 360 g/mol. The van der Waals surface area contributed by atoms with Gasteiger partial charge in [-0.2, -0.15) is 9.59 Å². The van der Waals surface area contributed by atoms with Crippen LogP contribution in [0.2, 0.25) is 5.02 Å². The molecule has 132 valence electrons. The molecule has 0 bridgehead atoms. The molecule has 2 rings (SSSR count). The van der Waals surface area contributed by atoms with Gasteiger partial charge in [-0.15, -0.1) is 11.8 Å². The molecule has 0 spiro atoms. The Bertz CT molecular complexity index is 723. The second kappa shape index (κ2) is 11.4. The summed E-state index contributed by atoms with van der Waals surface area (Å²) in [5.74, 6) is 2.53. The highest BCUT2D eigenvalue weighted by Crippen LogP contribution is 2.26. The van der Waals surface area contributed by atoms with Crippen molar-refractivity contribution in [3.8, 4) is 11.5 Å². The van der Waals surface area contributed by atoms with Gasteiger partial charge in [-0.1, -0.05) is 18.2 Å². The van der Waals surface area contributed by atoms with Crippen LogP contribution in [0.25, 0.3) is 0 Å². The Kier molecular flexibility index (Phi) is 9.48. The summed E-state index contributed by atoms with van der Waals surface area (Å²) in [6.07, 6.45) is 0.250. The molecule has 0 aliphatic rings. The Hall–Kier alpha value is -2.20. The van der Waals surface area contributed by atoms with Gasteiger partial charge in [0.15, 0.2) is 0 Å². The Balaban J connectivity index is 0.000000970. The van der Waals surface area contributed by atoms with E-state index < -0.39 is 0 Å². The third-order valence-electron chi connectivity index (χ3n) is 3.07. The smallest absolute Gasteiger partial charge is 0.373 e. The van der Waals surface area contributed by atoms with Gasteiger partial charge in [-0.05, 0) is 60.5 Å². The van der Waals surface area contributed by atoms with Crippen molar-refractivity contribution in [2.24, 2.45) is 0 Å². The second-order valence-electron chi connectivity index (χ2n) is 5.00. The third kappa shape index (κ3) is 7.94. The number of aryl methyl sites for hydroxylation is 1. The van der Waals surface area contributed by atoms with E-state index in [-0.39, 0.29) is 6.15 Å². The lowest BCUT2D eigenvalue weighted by molar-refractivity contribution is -0.191. The summed E-state index contributed by atoms with van der Waals surface area (Å²) in [4.78, 5) is 17.4. The molecule has 25 heavy (non-hydrogen) atoms. The fraction of sp³-hybridized carbons (Fsp3) is 0.211. The van der Waals surface area contributed by atoms with Crippen LogP contribution < -0.4 is 9.47 Å². The number of halogens is 1. The van der Waals surface area contributed by atoms with E-state index in [1.807, 2.05) is 37.3 Å². The first-order valence-electron chi connectivity index (χ1n) is 7.32. The van der Waals surface area contributed by atoms with Gasteiger partial charge in [0.1, 0.15) is 18.1 Å². The lowest BCUT2D eigenvalue weighted by Crippen LogP contribution is -2.02. The first-order valence-corrected chi connectivity index (χ1v) is 8.68. The minimum Gasteiger partial charge on any atom is -0.496 e. The van der Waals surface area contributed by atoms with Crippen molar-refractivity contribution in [1.82, 2.24) is 0 Å². The molecule has 0 saturated heterocycles. The average Bonchev–Trinajstić information content (AvgIpc) is 2.60. The van der Waals surface area contributed by atoms with Gasteiger partial charge in [-0.25, -0.2) is 0 Å². The van der Waals surface area contributed by atoms with Crippen LogP contribution >= 0.6 is 23.4 Å². The summed E-state index contributed by atoms with van der Waals surface area (Å²) in [7, 11) is 1.69. The highest BCUT2D eigenvalue weighted by molar-refractivity contribution is 7.99. The standard InChI is InChI=1S/C18H19ClO2S.CO2/c1-13(11-21-16-6-4-15(19)5-7-16)12-22-17-8-9-18(20-3)14(2)10-17;2-1-3/h4-10H,1,11-12H2,2-3H3;. The van der Waals surface area contributed by atoms with Crippen molar-refractivity contribution in [3.63, 3.8) is 0 Å². The molecule has 0 saturated carbocycles. The normalized spacial score (nSPS) is 9.40. The van der Waals surface area contributed by atoms with Crippen molar-refractivity contribution < 1.29 is 19.1 Å². The number of hydrogen-bond donors (Lipinski definition) is 0. The molecule has 0 aliphatic heterocycles. The number of hydrogen-bond acceptors (Lipinski definition) is 5. The lowest BCUT2D eigenvalue weighted by atomic mass is 10.2. The Morgan fingerprint density at radius 3 is 2.40 bits per heavy atom. The quantitative estimate of drug-likeness (QED) is 0.511. The van der Waals surface area contributed by atoms with E-state index in [0.29, 0.717) is 11.6 Å². The van der Waals surface area contributed by atoms with E-state index >= 15 is 0 Å². The summed E-state index contributed by atoms with van der Waals surface area (Å²) in [5.41, 5.74) is 2.17. The van der Waals surface area contributed by atoms with Crippen LogP contribution in [0.1, 0.15) is 5.56 Å². The van der Waals surface area contributed by atoms with Crippen molar-refractivity contribution in [3.05, 3.63) is 65.2 Å². The maximum absolute atomic E-state index is 8.12. The number of benzene rings is 2. The predicted octanol–water partition coefficient (Wildman–Crippen LogP) is 4.80. The highest BCUT2D eigenvalue weighted by Gasteiger charge is 2.03. The molecule has 0 N–H and O–H groups in total. The van der Waals surface area contributed by atoms with Crippen LogP contribution in [-0.4, -0.2) is 25.6 Å². The number of carbonyl (C=O) groups excluding carboxylic acids is 2. The average molecular weight is 379 g/mol. The van der Waals surface area contributed by atoms with Gasteiger partial charge >= 0.3 is 6.15 Å². The summed E-state index contributed by atoms with van der Waals surface area (Å²) in [6.45, 7) is 6.61. The maximum Gasteiger partial charge on any atom is 0.373 e. The molecule has 4 nitrogen and oxygen atoms in total. The van der Waals surface area contributed by atoms with E-state index in [1.165, 1.54) is 4.90 Å². The first-order chi connectivity index (χ1) is 12.0. The molecule has 0 fully saturated rings. The van der Waals surface area contributed by atoms with E-state index in [1.54, 1.807) is 18.9 Å². The summed E-state index contributed by atoms with van der Waals surface area (Å²) in [5, 5.41) is 0.705. The molecule has 0 radical (unpaired) electrons. The first kappa shape index (κ1) is 20.8. The van der Waals surface area contributed by atoms with Gasteiger partial charge in [-0.3, -0.25) is 0 Å². The van der Waals surface area contributed by atoms with Crippen molar-refractivity contribution in [2.45, 2.75) is 11.8 Å². The van der Waals surface area contributed by atoms with E-state index in [9.17, 15) is 0 Å². The SMILES string of the molecule is C=C(COc1ccc(Cl)cc1)CSc1ccc(OC)c(C)c1.O=C=O. The van der Waals surface area contributed by atoms with Crippen molar-refractivity contribution >= 4 is 29.5 Å². The molecule has 0 unspecified atom stereocenters. The number of thioether (sulfide) groups is 1. The minimum atomic E-state index is 0.250. The minimum absolute atomic E-state index is 0.250. The summed E-state index contributed by atoms with van der Waals surface area (Å²) < 4.78 is 10.9. The van der Waals surface area contributed by atoms with E-state index in [4.69, 9.17) is 30.7 Å². The van der Waals surface area contributed by atoms with Crippen molar-refractivity contribution in [1.29, 1.82) is 0 Å². The van der Waals surface area contributed by atoms with Crippen LogP contribution in [0.15, 0.2) is 59.5 Å². The fourth-order valence-corrected chi connectivity index (χ4v) is 2.89. The largest absolute Gasteiger partial charge is 0.496 e. The van der Waals surface area contributed by atoms with Crippen LogP contribution in [-0.2, 0) is 9.59 Å². The molecule has 0 aromatic heterocycles. The molecule has 2 aromatic carbocycles. The Labute approximate surface area is 156 Å². The summed E-state index contributed by atoms with van der Waals surface area (Å²) >= 11 is 7.58. The van der Waals surface area contributed by atoms with Crippen LogP contribution in [0.5, 0.6) is 11.5 Å². The zero-order valence-corrected chi connectivity index (χ0v) is 15.7. The molecule has 0 amide bonds. The van der Waals surface area contributed by atoms with Gasteiger partial charge in [0.2, 0.25) is 0 Å². The lowest BCUT2D eigenvalue weighted by Gasteiger charge is -2.10. The van der Waals surface area contributed by atoms with Gasteiger partial charge in [0.05, 0.1) is 7.11 Å². The molecule has 2 aromatic rings.